The SMILES string of the molecule is CCc1ccc2c(c1)CCCC2NC(=O)OC(C)(C)C. The summed E-state index contributed by atoms with van der Waals surface area (Å²) >= 11 is 0. The molecule has 0 spiro atoms. The average molecular weight is 275 g/mol. The summed E-state index contributed by atoms with van der Waals surface area (Å²) in [6, 6.07) is 6.68. The van der Waals surface area contributed by atoms with E-state index in [-0.39, 0.29) is 12.1 Å². The molecule has 0 radical (unpaired) electrons. The zero-order valence-corrected chi connectivity index (χ0v) is 13.0. The van der Waals surface area contributed by atoms with Crippen molar-refractivity contribution >= 4 is 6.09 Å². The molecule has 0 bridgehead atoms. The lowest BCUT2D eigenvalue weighted by molar-refractivity contribution is 0.0498. The Balaban J connectivity index is 2.10. The molecule has 1 atom stereocenters. The minimum atomic E-state index is -0.451. The van der Waals surface area contributed by atoms with Gasteiger partial charge in [-0.05, 0) is 63.1 Å². The molecule has 1 aromatic rings. The molecule has 3 heteroatoms. The number of aryl methyl sites for hydroxylation is 2. The number of amides is 1. The molecule has 1 aliphatic rings. The van der Waals surface area contributed by atoms with Crippen LogP contribution in [-0.4, -0.2) is 11.7 Å². The summed E-state index contributed by atoms with van der Waals surface area (Å²) < 4.78 is 5.35. The van der Waals surface area contributed by atoms with Crippen LogP contribution in [0.4, 0.5) is 4.79 Å². The van der Waals surface area contributed by atoms with E-state index in [9.17, 15) is 4.79 Å². The molecule has 3 nitrogen and oxygen atoms in total. The van der Waals surface area contributed by atoms with Gasteiger partial charge in [0, 0.05) is 0 Å². The molecule has 0 heterocycles. The summed E-state index contributed by atoms with van der Waals surface area (Å²) in [5.74, 6) is 0. The highest BCUT2D eigenvalue weighted by Crippen LogP contribution is 2.30. The van der Waals surface area contributed by atoms with Crippen LogP contribution in [0.2, 0.25) is 0 Å². The highest BCUT2D eigenvalue weighted by molar-refractivity contribution is 5.68. The monoisotopic (exact) mass is 275 g/mol. The maximum absolute atomic E-state index is 11.9. The molecule has 1 aliphatic carbocycles. The second-order valence-corrected chi connectivity index (χ2v) is 6.48. The van der Waals surface area contributed by atoms with Gasteiger partial charge in [-0.25, -0.2) is 4.79 Å². The summed E-state index contributed by atoms with van der Waals surface area (Å²) in [6.45, 7) is 7.82. The Kier molecular flexibility index (Phi) is 4.36. The lowest BCUT2D eigenvalue weighted by Gasteiger charge is -2.28. The van der Waals surface area contributed by atoms with Crippen molar-refractivity contribution in [2.45, 2.75) is 65.0 Å². The van der Waals surface area contributed by atoms with E-state index >= 15 is 0 Å². The van der Waals surface area contributed by atoms with E-state index in [1.165, 1.54) is 16.7 Å². The van der Waals surface area contributed by atoms with E-state index in [0.29, 0.717) is 0 Å². The fourth-order valence-electron chi connectivity index (χ4n) is 2.69. The third kappa shape index (κ3) is 3.75. The number of fused-ring (bicyclic) bond motifs is 1. The van der Waals surface area contributed by atoms with Gasteiger partial charge < -0.3 is 10.1 Å². The average Bonchev–Trinajstić information content (AvgIpc) is 2.36. The molecule has 0 fully saturated rings. The van der Waals surface area contributed by atoms with Gasteiger partial charge >= 0.3 is 6.09 Å². The van der Waals surface area contributed by atoms with Gasteiger partial charge in [-0.2, -0.15) is 0 Å². The first-order valence-corrected chi connectivity index (χ1v) is 7.50. The smallest absolute Gasteiger partial charge is 0.408 e. The first kappa shape index (κ1) is 14.9. The van der Waals surface area contributed by atoms with Crippen LogP contribution < -0.4 is 5.32 Å². The van der Waals surface area contributed by atoms with Crippen LogP contribution in [0.15, 0.2) is 18.2 Å². The second kappa shape index (κ2) is 5.86. The lowest BCUT2D eigenvalue weighted by atomic mass is 9.86. The molecular weight excluding hydrogens is 250 g/mol. The molecule has 1 amide bonds. The van der Waals surface area contributed by atoms with Crippen molar-refractivity contribution in [1.82, 2.24) is 5.32 Å². The number of benzene rings is 1. The normalized spacial score (nSPS) is 18.3. The van der Waals surface area contributed by atoms with Crippen LogP contribution in [0.1, 0.15) is 63.3 Å². The highest BCUT2D eigenvalue weighted by Gasteiger charge is 2.24. The summed E-state index contributed by atoms with van der Waals surface area (Å²) in [4.78, 5) is 11.9. The maximum atomic E-state index is 11.9. The third-order valence-corrected chi connectivity index (χ3v) is 3.62. The van der Waals surface area contributed by atoms with Crippen LogP contribution in [0.3, 0.4) is 0 Å². The quantitative estimate of drug-likeness (QED) is 0.880. The van der Waals surface area contributed by atoms with Crippen molar-refractivity contribution in [3.63, 3.8) is 0 Å². The van der Waals surface area contributed by atoms with Gasteiger partial charge in [0.2, 0.25) is 0 Å². The number of ether oxygens (including phenoxy) is 1. The Morgan fingerprint density at radius 1 is 1.40 bits per heavy atom. The fourth-order valence-corrected chi connectivity index (χ4v) is 2.69. The summed E-state index contributed by atoms with van der Waals surface area (Å²) in [5.41, 5.74) is 3.53. The molecule has 0 saturated heterocycles. The van der Waals surface area contributed by atoms with Gasteiger partial charge in [-0.1, -0.05) is 25.1 Å². The van der Waals surface area contributed by atoms with Crippen molar-refractivity contribution in [3.05, 3.63) is 34.9 Å². The Morgan fingerprint density at radius 2 is 2.15 bits per heavy atom. The number of alkyl carbamates (subject to hydrolysis) is 1. The third-order valence-electron chi connectivity index (χ3n) is 3.62. The topological polar surface area (TPSA) is 38.3 Å². The molecule has 2 rings (SSSR count). The van der Waals surface area contributed by atoms with Crippen LogP contribution in [-0.2, 0) is 17.6 Å². The first-order chi connectivity index (χ1) is 9.39. The minimum Gasteiger partial charge on any atom is -0.444 e. The van der Waals surface area contributed by atoms with Gasteiger partial charge in [0.15, 0.2) is 0 Å². The van der Waals surface area contributed by atoms with Gasteiger partial charge in [0.1, 0.15) is 5.60 Å². The summed E-state index contributed by atoms with van der Waals surface area (Å²) in [5, 5.41) is 3.01. The first-order valence-electron chi connectivity index (χ1n) is 7.50. The van der Waals surface area contributed by atoms with E-state index in [1.54, 1.807) is 0 Å². The van der Waals surface area contributed by atoms with Gasteiger partial charge in [-0.15, -0.1) is 0 Å². The highest BCUT2D eigenvalue weighted by atomic mass is 16.6. The number of carbonyl (C=O) groups excluding carboxylic acids is 1. The Hall–Kier alpha value is -1.51. The van der Waals surface area contributed by atoms with E-state index in [1.807, 2.05) is 20.8 Å². The fraction of sp³-hybridized carbons (Fsp3) is 0.588. The van der Waals surface area contributed by atoms with Gasteiger partial charge in [-0.3, -0.25) is 0 Å². The molecule has 0 aliphatic heterocycles. The number of rotatable bonds is 2. The number of nitrogens with one attached hydrogen (secondary N) is 1. The Bertz CT molecular complexity index is 488. The van der Waals surface area contributed by atoms with Gasteiger partial charge in [0.05, 0.1) is 6.04 Å². The Labute approximate surface area is 121 Å². The van der Waals surface area contributed by atoms with Crippen LogP contribution in [0.25, 0.3) is 0 Å². The zero-order valence-electron chi connectivity index (χ0n) is 13.0. The van der Waals surface area contributed by atoms with Gasteiger partial charge in [0.25, 0.3) is 0 Å². The Morgan fingerprint density at radius 3 is 2.80 bits per heavy atom. The van der Waals surface area contributed by atoms with E-state index in [4.69, 9.17) is 4.74 Å². The van der Waals surface area contributed by atoms with E-state index in [0.717, 1.165) is 25.7 Å². The van der Waals surface area contributed by atoms with E-state index < -0.39 is 5.60 Å². The zero-order chi connectivity index (χ0) is 14.8. The lowest BCUT2D eigenvalue weighted by Crippen LogP contribution is -2.36. The molecule has 20 heavy (non-hydrogen) atoms. The van der Waals surface area contributed by atoms with Crippen molar-refractivity contribution in [1.29, 1.82) is 0 Å². The number of carbonyl (C=O) groups is 1. The van der Waals surface area contributed by atoms with Crippen molar-refractivity contribution in [3.8, 4) is 0 Å². The second-order valence-electron chi connectivity index (χ2n) is 6.48. The summed E-state index contributed by atoms with van der Waals surface area (Å²) in [7, 11) is 0. The molecule has 110 valence electrons. The number of hydrogen-bond donors (Lipinski definition) is 1. The van der Waals surface area contributed by atoms with Crippen molar-refractivity contribution in [2.24, 2.45) is 0 Å². The largest absolute Gasteiger partial charge is 0.444 e. The molecule has 0 saturated carbocycles. The predicted molar refractivity (Wildman–Crippen MR) is 80.9 cm³/mol. The summed E-state index contributed by atoms with van der Waals surface area (Å²) in [6.07, 6.45) is 3.93. The minimum absolute atomic E-state index is 0.0829. The standard InChI is InChI=1S/C17H25NO2/c1-5-12-9-10-14-13(11-12)7-6-8-15(14)18-16(19)20-17(2,3)4/h9-11,15H,5-8H2,1-4H3,(H,18,19). The molecule has 0 aromatic heterocycles. The van der Waals surface area contributed by atoms with Crippen molar-refractivity contribution in [2.75, 3.05) is 0 Å². The van der Waals surface area contributed by atoms with Crippen molar-refractivity contribution < 1.29 is 9.53 Å². The van der Waals surface area contributed by atoms with Crippen LogP contribution in [0, 0.1) is 0 Å². The molecule has 1 aromatic carbocycles. The molecular formula is C17H25NO2. The number of hydrogen-bond acceptors (Lipinski definition) is 2. The molecule has 1 N–H and O–H groups in total. The van der Waals surface area contributed by atoms with Crippen LogP contribution >= 0.6 is 0 Å². The predicted octanol–water partition coefficient (Wildman–Crippen LogP) is 4.15. The van der Waals surface area contributed by atoms with E-state index in [2.05, 4.69) is 30.4 Å². The van der Waals surface area contributed by atoms with Crippen LogP contribution in [0.5, 0.6) is 0 Å². The maximum Gasteiger partial charge on any atom is 0.408 e. The molecule has 1 unspecified atom stereocenters.